The van der Waals surface area contributed by atoms with E-state index in [1.165, 1.54) is 22.9 Å². The van der Waals surface area contributed by atoms with Gasteiger partial charge in [-0.2, -0.15) is 0 Å². The van der Waals surface area contributed by atoms with Crippen LogP contribution in [-0.2, 0) is 27.3 Å². The summed E-state index contributed by atoms with van der Waals surface area (Å²) in [6, 6.07) is 9.15. The highest BCUT2D eigenvalue weighted by Crippen LogP contribution is 2.26. The fourth-order valence-electron chi connectivity index (χ4n) is 4.39. The number of carbonyl (C=O) groups excluding carboxylic acids is 3. The predicted molar refractivity (Wildman–Crippen MR) is 149 cm³/mol. The molecule has 0 aliphatic carbocycles. The largest absolute Gasteiger partial charge is 0.464 e. The lowest BCUT2D eigenvalue weighted by Crippen LogP contribution is -2.44. The summed E-state index contributed by atoms with van der Waals surface area (Å²) in [5.41, 5.74) is 6.37. The van der Waals surface area contributed by atoms with Gasteiger partial charge in [0.25, 0.3) is 5.56 Å². The molecule has 0 spiro atoms. The molecule has 1 unspecified atom stereocenters. The molecule has 0 aliphatic heterocycles. The van der Waals surface area contributed by atoms with E-state index in [2.05, 4.69) is 29.2 Å². The van der Waals surface area contributed by atoms with Crippen molar-refractivity contribution in [1.82, 2.24) is 14.5 Å². The number of alkyl carbamates (subject to hydrolysis) is 1. The molecule has 212 valence electrons. The van der Waals surface area contributed by atoms with E-state index >= 15 is 0 Å². The lowest BCUT2D eigenvalue weighted by molar-refractivity contribution is -0.118. The molecule has 0 saturated heterocycles. The van der Waals surface area contributed by atoms with Gasteiger partial charge < -0.3 is 30.8 Å². The van der Waals surface area contributed by atoms with Crippen molar-refractivity contribution in [3.05, 3.63) is 76.4 Å². The monoisotopic (exact) mass is 551 g/mol. The number of hydrogen-bond donors (Lipinski definition) is 4. The van der Waals surface area contributed by atoms with Crippen LogP contribution < -0.4 is 21.9 Å². The first-order chi connectivity index (χ1) is 19.0. The van der Waals surface area contributed by atoms with E-state index in [0.717, 1.165) is 35.1 Å². The van der Waals surface area contributed by atoms with Gasteiger partial charge >= 0.3 is 12.2 Å². The Morgan fingerprint density at radius 1 is 1.15 bits per heavy atom. The number of benzene rings is 1. The van der Waals surface area contributed by atoms with Gasteiger partial charge in [-0.3, -0.25) is 14.4 Å². The van der Waals surface area contributed by atoms with Crippen molar-refractivity contribution in [2.45, 2.75) is 45.7 Å². The molecule has 3 rings (SSSR count). The van der Waals surface area contributed by atoms with E-state index in [4.69, 9.17) is 5.73 Å². The van der Waals surface area contributed by atoms with E-state index in [1.807, 2.05) is 12.1 Å². The normalized spacial score (nSPS) is 12.0. The van der Waals surface area contributed by atoms with E-state index in [9.17, 15) is 29.1 Å². The Morgan fingerprint density at radius 3 is 2.55 bits per heavy atom. The number of nitrogens with zero attached hydrogens (tertiary/aromatic N) is 2. The highest BCUT2D eigenvalue weighted by atomic mass is 16.5. The van der Waals surface area contributed by atoms with Crippen LogP contribution in [0.15, 0.2) is 59.5 Å². The standard InChI is InChI=1S/C28H33N5O7/c1-17(2)14-18-8-6-11-23-20(18)15-19(33(23)28(38)39)16-32-13-7-10-22(26(32)36)30-25(35)21(31-27(37)40-3)9-4-5-12-24(29)34/h5-8,10-13,15,17,21H,4,9,14,16H2,1-3H3,(H2,29,34)(H,30,35)(H,31,37)(H,38,39). The van der Waals surface area contributed by atoms with Gasteiger partial charge in [-0.25, -0.2) is 14.2 Å². The number of primary amides is 1. The van der Waals surface area contributed by atoms with Crippen LogP contribution in [0.25, 0.3) is 10.9 Å². The second kappa shape index (κ2) is 13.3. The summed E-state index contributed by atoms with van der Waals surface area (Å²) >= 11 is 0. The molecule has 3 amide bonds. The third-order valence-electron chi connectivity index (χ3n) is 6.14. The third-order valence-corrected chi connectivity index (χ3v) is 6.14. The number of amides is 3. The molecule has 2 heterocycles. The SMILES string of the molecule is COC(=O)NC(CCC=CC(N)=O)C(=O)Nc1cccn(Cc2cc3c(CC(C)C)cccc3n2C(=O)O)c1=O. The summed E-state index contributed by atoms with van der Waals surface area (Å²) in [7, 11) is 1.15. The van der Waals surface area contributed by atoms with Gasteiger partial charge in [-0.15, -0.1) is 0 Å². The number of allylic oxidation sites excluding steroid dienone is 1. The summed E-state index contributed by atoms with van der Waals surface area (Å²) in [5.74, 6) is -0.961. The molecular weight excluding hydrogens is 518 g/mol. The maximum atomic E-state index is 13.3. The van der Waals surface area contributed by atoms with Gasteiger partial charge in [0.15, 0.2) is 0 Å². The molecule has 40 heavy (non-hydrogen) atoms. The van der Waals surface area contributed by atoms with Crippen LogP contribution in [0.3, 0.4) is 0 Å². The highest BCUT2D eigenvalue weighted by molar-refractivity contribution is 5.96. The number of hydrogen-bond acceptors (Lipinski definition) is 6. The average Bonchev–Trinajstić information content (AvgIpc) is 3.26. The number of rotatable bonds is 11. The van der Waals surface area contributed by atoms with Crippen molar-refractivity contribution in [1.29, 1.82) is 0 Å². The van der Waals surface area contributed by atoms with Gasteiger partial charge in [0.1, 0.15) is 11.7 Å². The maximum Gasteiger partial charge on any atom is 0.416 e. The van der Waals surface area contributed by atoms with Crippen LogP contribution in [0.2, 0.25) is 0 Å². The van der Waals surface area contributed by atoms with Gasteiger partial charge in [-0.05, 0) is 61.1 Å². The molecular formula is C28H33N5O7. The molecule has 12 nitrogen and oxygen atoms in total. The van der Waals surface area contributed by atoms with Crippen molar-refractivity contribution in [3.63, 3.8) is 0 Å². The van der Waals surface area contributed by atoms with Crippen molar-refractivity contribution in [3.8, 4) is 0 Å². The van der Waals surface area contributed by atoms with Crippen LogP contribution in [0, 0.1) is 5.92 Å². The quantitative estimate of drug-likeness (QED) is 0.265. The third kappa shape index (κ3) is 7.37. The van der Waals surface area contributed by atoms with Gasteiger partial charge in [0.2, 0.25) is 11.8 Å². The number of nitrogens with two attached hydrogens (primary N) is 1. The van der Waals surface area contributed by atoms with E-state index in [-0.39, 0.29) is 25.1 Å². The van der Waals surface area contributed by atoms with E-state index < -0.39 is 35.6 Å². The Kier molecular flexibility index (Phi) is 9.85. The molecule has 3 aromatic rings. The minimum absolute atomic E-state index is 0.0599. The molecule has 2 aromatic heterocycles. The van der Waals surface area contributed by atoms with Gasteiger partial charge in [0, 0.05) is 11.6 Å². The Labute approximate surface area is 230 Å². The number of anilines is 1. The van der Waals surface area contributed by atoms with E-state index in [1.54, 1.807) is 18.2 Å². The Bertz CT molecular complexity index is 1500. The summed E-state index contributed by atoms with van der Waals surface area (Å²) < 4.78 is 7.04. The minimum Gasteiger partial charge on any atom is -0.464 e. The highest BCUT2D eigenvalue weighted by Gasteiger charge is 2.22. The fraction of sp³-hybridized carbons (Fsp3) is 0.321. The predicted octanol–water partition coefficient (Wildman–Crippen LogP) is 3.06. The van der Waals surface area contributed by atoms with Crippen LogP contribution in [-0.4, -0.2) is 51.4 Å². The first kappa shape index (κ1) is 29.7. The second-order valence-electron chi connectivity index (χ2n) is 9.62. The summed E-state index contributed by atoms with van der Waals surface area (Å²) in [5, 5.41) is 15.7. The summed E-state index contributed by atoms with van der Waals surface area (Å²) in [6.07, 6.45) is 3.19. The topological polar surface area (TPSA) is 175 Å². The van der Waals surface area contributed by atoms with Crippen LogP contribution >= 0.6 is 0 Å². The Hall–Kier alpha value is -4.87. The van der Waals surface area contributed by atoms with Crippen LogP contribution in [0.1, 0.15) is 37.9 Å². The molecule has 1 atom stereocenters. The number of aromatic nitrogens is 2. The second-order valence-corrected chi connectivity index (χ2v) is 9.62. The number of methoxy groups -OCH3 is 1. The summed E-state index contributed by atoms with van der Waals surface area (Å²) in [4.78, 5) is 61.1. The zero-order chi connectivity index (χ0) is 29.4. The van der Waals surface area contributed by atoms with Crippen molar-refractivity contribution >= 4 is 40.6 Å². The first-order valence-electron chi connectivity index (χ1n) is 12.7. The van der Waals surface area contributed by atoms with Gasteiger partial charge in [0.05, 0.1) is 24.9 Å². The van der Waals surface area contributed by atoms with Gasteiger partial charge in [-0.1, -0.05) is 32.1 Å². The Morgan fingerprint density at radius 2 is 1.90 bits per heavy atom. The number of fused-ring (bicyclic) bond motifs is 1. The van der Waals surface area contributed by atoms with E-state index in [0.29, 0.717) is 17.1 Å². The number of carbonyl (C=O) groups is 4. The zero-order valence-corrected chi connectivity index (χ0v) is 22.5. The number of ether oxygens (including phenoxy) is 1. The molecule has 0 bridgehead atoms. The Balaban J connectivity index is 1.89. The lowest BCUT2D eigenvalue weighted by atomic mass is 10.00. The smallest absolute Gasteiger partial charge is 0.416 e. The van der Waals surface area contributed by atoms with Crippen molar-refractivity contribution in [2.24, 2.45) is 11.7 Å². The maximum absolute atomic E-state index is 13.3. The molecule has 1 aromatic carbocycles. The molecule has 0 aliphatic rings. The first-order valence-corrected chi connectivity index (χ1v) is 12.7. The summed E-state index contributed by atoms with van der Waals surface area (Å²) in [6.45, 7) is 4.10. The number of carboxylic acid groups (broad SMARTS) is 1. The molecule has 0 fully saturated rings. The zero-order valence-electron chi connectivity index (χ0n) is 22.5. The van der Waals surface area contributed by atoms with Crippen LogP contribution in [0.4, 0.5) is 15.3 Å². The molecule has 5 N–H and O–H groups in total. The van der Waals surface area contributed by atoms with Crippen LogP contribution in [0.5, 0.6) is 0 Å². The number of nitrogens with one attached hydrogen (secondary N) is 2. The average molecular weight is 552 g/mol. The van der Waals surface area contributed by atoms with Crippen molar-refractivity contribution in [2.75, 3.05) is 12.4 Å². The molecule has 0 saturated carbocycles. The molecule has 12 heteroatoms. The number of pyridine rings is 1. The lowest BCUT2D eigenvalue weighted by Gasteiger charge is -2.17. The minimum atomic E-state index is -1.17. The fourth-order valence-corrected chi connectivity index (χ4v) is 4.39. The van der Waals surface area contributed by atoms with Crippen molar-refractivity contribution < 1.29 is 29.0 Å². The molecule has 0 radical (unpaired) electrons.